The van der Waals surface area contributed by atoms with Gasteiger partial charge in [0.05, 0.1) is 5.69 Å². The number of hydrogen-bond donors (Lipinski definition) is 1. The number of benzene rings is 2. The Labute approximate surface area is 116 Å². The van der Waals surface area contributed by atoms with Crippen molar-refractivity contribution in [1.82, 2.24) is 4.98 Å². The van der Waals surface area contributed by atoms with Gasteiger partial charge < -0.3 is 18.1 Å². The maximum absolute atomic E-state index is 6.02. The lowest BCUT2D eigenvalue weighted by Gasteiger charge is -1.98. The van der Waals surface area contributed by atoms with Crippen molar-refractivity contribution >= 4 is 37.5 Å². The van der Waals surface area contributed by atoms with Gasteiger partial charge in [-0.05, 0) is 37.1 Å². The molecule has 2 aromatic carbocycles. The van der Waals surface area contributed by atoms with Crippen LogP contribution in [0.15, 0.2) is 30.3 Å². The van der Waals surface area contributed by atoms with Crippen LogP contribution in [-0.2, 0) is 0 Å². The van der Waals surface area contributed by atoms with Crippen LogP contribution in [0.3, 0.4) is 0 Å². The fourth-order valence-electron chi connectivity index (χ4n) is 2.00. The van der Waals surface area contributed by atoms with Crippen molar-refractivity contribution in [3.8, 4) is 0 Å². The Balaban J connectivity index is 0.00000120. The molecule has 0 atom stereocenters. The van der Waals surface area contributed by atoms with Crippen LogP contribution in [0.2, 0.25) is 0 Å². The molecule has 0 spiro atoms. The molecule has 0 amide bonds. The van der Waals surface area contributed by atoms with E-state index in [1.165, 1.54) is 15.8 Å². The van der Waals surface area contributed by atoms with E-state index < -0.39 is 0 Å². The summed E-state index contributed by atoms with van der Waals surface area (Å²) in [4.78, 5) is 4.64. The molecule has 3 aromatic rings. The lowest BCUT2D eigenvalue weighted by molar-refractivity contribution is -0.00000348. The molecule has 0 saturated heterocycles. The zero-order valence-electron chi connectivity index (χ0n) is 10.2. The minimum absolute atomic E-state index is 0. The predicted molar refractivity (Wildman–Crippen MR) is 75.4 cm³/mol. The number of aryl methyl sites for hydroxylation is 2. The van der Waals surface area contributed by atoms with Crippen molar-refractivity contribution in [2.45, 2.75) is 13.8 Å². The third-order valence-corrected chi connectivity index (χ3v) is 3.89. The predicted octanol–water partition coefficient (Wildman–Crippen LogP) is 0.934. The van der Waals surface area contributed by atoms with Crippen molar-refractivity contribution in [3.63, 3.8) is 0 Å². The van der Waals surface area contributed by atoms with E-state index in [9.17, 15) is 0 Å². The van der Waals surface area contributed by atoms with Crippen molar-refractivity contribution in [3.05, 3.63) is 41.5 Å². The number of nitrogens with two attached hydrogens (primary N) is 1. The first-order valence-electron chi connectivity index (χ1n) is 5.54. The molecule has 0 unspecified atom stereocenters. The second-order valence-corrected chi connectivity index (χ2v) is 5.47. The second kappa shape index (κ2) is 4.67. The van der Waals surface area contributed by atoms with Crippen LogP contribution in [0.1, 0.15) is 11.1 Å². The van der Waals surface area contributed by atoms with Crippen LogP contribution in [-0.4, -0.2) is 4.98 Å². The summed E-state index contributed by atoms with van der Waals surface area (Å²) in [7, 11) is 0. The van der Waals surface area contributed by atoms with E-state index in [0.29, 0.717) is 0 Å². The molecule has 0 bridgehead atoms. The first kappa shape index (κ1) is 13.0. The van der Waals surface area contributed by atoms with Gasteiger partial charge in [-0.25, -0.2) is 4.98 Å². The third kappa shape index (κ3) is 2.11. The normalized spacial score (nSPS) is 10.6. The molecule has 0 radical (unpaired) electrons. The fraction of sp³-hybridized carbons (Fsp3) is 0.143. The molecule has 3 rings (SSSR count). The van der Waals surface area contributed by atoms with Gasteiger partial charge in [0, 0.05) is 12.1 Å². The molecule has 0 aliphatic rings. The Morgan fingerprint density at radius 2 is 1.72 bits per heavy atom. The van der Waals surface area contributed by atoms with E-state index in [1.807, 2.05) is 6.07 Å². The number of nitrogens with zero attached hydrogens (tertiary/aromatic N) is 1. The highest BCUT2D eigenvalue weighted by molar-refractivity contribution is 7.24. The molecule has 1 heterocycles. The number of halogens is 1. The minimum atomic E-state index is 0. The summed E-state index contributed by atoms with van der Waals surface area (Å²) < 4.78 is 2.36. The Bertz CT molecular complexity index is 741. The number of hydrogen-bond acceptors (Lipinski definition) is 2. The topological polar surface area (TPSA) is 38.9 Å². The number of nitrogen functional groups attached to an aromatic ring is 1. The van der Waals surface area contributed by atoms with Crippen molar-refractivity contribution in [2.75, 3.05) is 5.73 Å². The van der Waals surface area contributed by atoms with Gasteiger partial charge in [0.15, 0.2) is 5.52 Å². The van der Waals surface area contributed by atoms with Gasteiger partial charge in [-0.15, -0.1) is 0 Å². The van der Waals surface area contributed by atoms with Crippen LogP contribution in [0.4, 0.5) is 5.69 Å². The summed E-state index contributed by atoms with van der Waals surface area (Å²) >= 11 is 1.75. The largest absolute Gasteiger partial charge is 1.00 e. The molecule has 2 N–H and O–H groups in total. The van der Waals surface area contributed by atoms with Gasteiger partial charge in [0.2, 0.25) is 11.3 Å². The Kier molecular flexibility index (Phi) is 3.37. The third-order valence-electron chi connectivity index (χ3n) is 2.82. The van der Waals surface area contributed by atoms with Gasteiger partial charge in [-0.3, -0.25) is 0 Å². The molecule has 0 aliphatic carbocycles. The Morgan fingerprint density at radius 3 is 2.50 bits per heavy atom. The molecule has 18 heavy (non-hydrogen) atoms. The lowest BCUT2D eigenvalue weighted by Crippen LogP contribution is -3.00. The average molecular weight is 277 g/mol. The van der Waals surface area contributed by atoms with Crippen molar-refractivity contribution in [2.24, 2.45) is 0 Å². The summed E-state index contributed by atoms with van der Waals surface area (Å²) in [6.07, 6.45) is 0. The van der Waals surface area contributed by atoms with Crippen LogP contribution in [0.25, 0.3) is 20.4 Å². The summed E-state index contributed by atoms with van der Waals surface area (Å²) in [5, 5.41) is 0. The zero-order valence-corrected chi connectivity index (χ0v) is 11.8. The van der Waals surface area contributed by atoms with E-state index in [-0.39, 0.29) is 12.4 Å². The van der Waals surface area contributed by atoms with Gasteiger partial charge in [-0.2, -0.15) is 0 Å². The van der Waals surface area contributed by atoms with E-state index in [4.69, 9.17) is 5.73 Å². The quantitative estimate of drug-likeness (QED) is 0.377. The highest BCUT2D eigenvalue weighted by Gasteiger charge is 2.14. The van der Waals surface area contributed by atoms with Gasteiger partial charge in [0.25, 0.3) is 9.40 Å². The number of aromatic nitrogens is 1. The van der Waals surface area contributed by atoms with Crippen molar-refractivity contribution < 1.29 is 12.4 Å². The van der Waals surface area contributed by atoms with Gasteiger partial charge in [-0.1, -0.05) is 6.07 Å². The van der Waals surface area contributed by atoms with Gasteiger partial charge >= 0.3 is 0 Å². The number of rotatable bonds is 0. The molecule has 1 aromatic heterocycles. The first-order chi connectivity index (χ1) is 8.13. The molecule has 4 heteroatoms. The van der Waals surface area contributed by atoms with Crippen molar-refractivity contribution in [1.29, 1.82) is 0 Å². The van der Waals surface area contributed by atoms with Crippen LogP contribution >= 0.6 is 11.3 Å². The van der Waals surface area contributed by atoms with Crippen LogP contribution in [0, 0.1) is 13.8 Å². The Hall–Kier alpha value is -1.45. The summed E-state index contributed by atoms with van der Waals surface area (Å²) in [5.41, 5.74) is 11.2. The smallest absolute Gasteiger partial charge is 0.259 e. The minimum Gasteiger partial charge on any atom is -1.00 e. The molecule has 0 saturated carbocycles. The number of fused-ring (bicyclic) bond motifs is 2. The summed E-state index contributed by atoms with van der Waals surface area (Å²) in [5.74, 6) is 0. The lowest BCUT2D eigenvalue weighted by atomic mass is 10.2. The highest BCUT2D eigenvalue weighted by Crippen LogP contribution is 2.30. The van der Waals surface area contributed by atoms with E-state index in [0.717, 1.165) is 21.4 Å². The maximum Gasteiger partial charge on any atom is 0.259 e. The average Bonchev–Trinajstić information content (AvgIpc) is 2.26. The summed E-state index contributed by atoms with van der Waals surface area (Å²) in [6, 6.07) is 10.4. The van der Waals surface area contributed by atoms with E-state index in [1.54, 1.807) is 11.3 Å². The fourth-order valence-corrected chi connectivity index (χ4v) is 3.21. The zero-order chi connectivity index (χ0) is 12.0. The van der Waals surface area contributed by atoms with Gasteiger partial charge in [0.1, 0.15) is 5.52 Å². The number of anilines is 1. The second-order valence-electron chi connectivity index (χ2n) is 4.39. The SMILES string of the molecule is Cc1ccc2nc3c(N)cc(C)cc3[s+]c2c1.[Cl-]. The van der Waals surface area contributed by atoms with Crippen LogP contribution in [0.5, 0.6) is 0 Å². The highest BCUT2D eigenvalue weighted by atomic mass is 35.5. The Morgan fingerprint density at radius 1 is 1.00 bits per heavy atom. The molecule has 2 nitrogen and oxygen atoms in total. The standard InChI is InChI=1S/C14H13N2S.ClH/c1-8-3-4-11-12(6-8)17-13-7-9(2)5-10(15)14(13)16-11;/h3-7H,15H2,1-2H3;1H/q+1;/p-1. The van der Waals surface area contributed by atoms with E-state index in [2.05, 4.69) is 43.1 Å². The van der Waals surface area contributed by atoms with E-state index >= 15 is 0 Å². The summed E-state index contributed by atoms with van der Waals surface area (Å²) in [6.45, 7) is 4.16. The molecular weight excluding hydrogens is 264 g/mol. The van der Waals surface area contributed by atoms with Crippen LogP contribution < -0.4 is 18.1 Å². The molecule has 0 aliphatic heterocycles. The molecule has 0 fully saturated rings. The molecule has 92 valence electrons. The molecular formula is C14H13ClN2S. The first-order valence-corrected chi connectivity index (χ1v) is 6.35. The maximum atomic E-state index is 6.02. The monoisotopic (exact) mass is 276 g/mol.